The van der Waals surface area contributed by atoms with Gasteiger partial charge in [0, 0.05) is 13.3 Å². The van der Waals surface area contributed by atoms with Gasteiger partial charge in [0.25, 0.3) is 0 Å². The van der Waals surface area contributed by atoms with E-state index < -0.39 is 5.97 Å². The van der Waals surface area contributed by atoms with Crippen LogP contribution in [0.1, 0.15) is 21.6 Å². The average Bonchev–Trinajstić information content (AvgIpc) is 3.33. The minimum Gasteiger partial charge on any atom is -0.489 e. The average molecular weight is 611 g/mol. The van der Waals surface area contributed by atoms with Crippen LogP contribution in [0.5, 0.6) is 11.5 Å². The van der Waals surface area contributed by atoms with Crippen LogP contribution in [0, 0.1) is 17.4 Å². The molecule has 1 heterocycles. The molecule has 0 atom stereocenters. The van der Waals surface area contributed by atoms with Crippen molar-refractivity contribution >= 4 is 45.5 Å². The molecule has 0 bridgehead atoms. The molecule has 4 aromatic rings. The van der Waals surface area contributed by atoms with Crippen LogP contribution in [0.2, 0.25) is 0 Å². The first-order valence-corrected chi connectivity index (χ1v) is 13.4. The fourth-order valence-corrected chi connectivity index (χ4v) is 4.96. The number of esters is 1. The van der Waals surface area contributed by atoms with Crippen molar-refractivity contribution in [1.29, 1.82) is 0 Å². The lowest BCUT2D eigenvalue weighted by Gasteiger charge is -2.12. The van der Waals surface area contributed by atoms with E-state index in [1.54, 1.807) is 11.3 Å². The molecule has 0 aliphatic rings. The summed E-state index contributed by atoms with van der Waals surface area (Å²) in [5.74, 6) is 0.949. The topological polar surface area (TPSA) is 44.8 Å². The Bertz CT molecular complexity index is 1350. The van der Waals surface area contributed by atoms with Crippen molar-refractivity contribution in [3.05, 3.63) is 110 Å². The molecule has 0 fully saturated rings. The highest BCUT2D eigenvalue weighted by atomic mass is 127. The highest BCUT2D eigenvalue weighted by Gasteiger charge is 2.09. The Labute approximate surface area is 229 Å². The summed E-state index contributed by atoms with van der Waals surface area (Å²) < 4.78 is 17.4. The molecule has 0 aliphatic carbocycles. The Morgan fingerprint density at radius 3 is 2.19 bits per heavy atom. The molecule has 36 heavy (non-hydrogen) atoms. The van der Waals surface area contributed by atoms with E-state index in [0.717, 1.165) is 28.0 Å². The van der Waals surface area contributed by atoms with Gasteiger partial charge in [-0.3, -0.25) is 0 Å². The van der Waals surface area contributed by atoms with Gasteiger partial charge in [0.2, 0.25) is 0 Å². The van der Waals surface area contributed by atoms with Gasteiger partial charge in [0.05, 0.1) is 7.11 Å². The quantitative estimate of drug-likeness (QED) is 0.144. The smallest absolute Gasteiger partial charge is 0.343 e. The number of halogens is 1. The lowest BCUT2D eigenvalue weighted by atomic mass is 9.96. The van der Waals surface area contributed by atoms with Crippen LogP contribution >= 0.6 is 33.9 Å². The summed E-state index contributed by atoms with van der Waals surface area (Å²) >= 11 is 4.13. The predicted octanol–water partition coefficient (Wildman–Crippen LogP) is 7.70. The largest absolute Gasteiger partial charge is 0.489 e. The van der Waals surface area contributed by atoms with Gasteiger partial charge in [-0.25, -0.2) is 4.79 Å². The molecule has 0 spiro atoms. The fourth-order valence-electron chi connectivity index (χ4n) is 3.73. The maximum atomic E-state index is 11.3. The van der Waals surface area contributed by atoms with Gasteiger partial charge >= 0.3 is 5.97 Å². The lowest BCUT2D eigenvalue weighted by molar-refractivity contribution is -0.142. The number of rotatable bonds is 9. The summed E-state index contributed by atoms with van der Waals surface area (Å²) in [6.45, 7) is 4.34. The molecule has 0 amide bonds. The first-order chi connectivity index (χ1) is 17.4. The molecule has 0 saturated carbocycles. The van der Waals surface area contributed by atoms with Crippen molar-refractivity contribution < 1.29 is 19.0 Å². The van der Waals surface area contributed by atoms with E-state index in [9.17, 15) is 4.79 Å². The number of hydrogen-bond donors (Lipinski definition) is 0. The number of thiophene rings is 1. The Morgan fingerprint density at radius 2 is 1.58 bits per heavy atom. The van der Waals surface area contributed by atoms with Crippen LogP contribution in [-0.4, -0.2) is 26.3 Å². The zero-order valence-corrected chi connectivity index (χ0v) is 23.4. The summed E-state index contributed by atoms with van der Waals surface area (Å²) in [6, 6.07) is 27.1. The van der Waals surface area contributed by atoms with Gasteiger partial charge in [0.15, 0.2) is 6.61 Å². The Hall–Kier alpha value is -3.10. The first kappa shape index (κ1) is 26.0. The molecule has 6 heteroatoms. The van der Waals surface area contributed by atoms with Crippen molar-refractivity contribution in [2.45, 2.75) is 13.8 Å². The minimum atomic E-state index is -0.415. The standard InChI is InChI=1S/C30H27IO4S/c1-20-18-26(13-14-28(20)35-19-30(32)33-3)34-17-16-27(23-9-11-25(31)12-10-23)22-5-7-24(8-6-22)29-15-4-21(2)36-29/h4-16,18H,17,19H2,1-3H3. The second-order valence-electron chi connectivity index (χ2n) is 8.22. The fraction of sp³-hybridized carbons (Fsp3) is 0.167. The second kappa shape index (κ2) is 12.2. The SMILES string of the molecule is COC(=O)COc1ccc(OCC=C(c2ccc(I)cc2)c2ccc(-c3ccc(C)s3)cc2)cc1C. The van der Waals surface area contributed by atoms with E-state index in [1.807, 2.05) is 25.1 Å². The molecule has 0 aliphatic heterocycles. The Kier molecular flexibility index (Phi) is 8.83. The number of ether oxygens (including phenoxy) is 3. The summed E-state index contributed by atoms with van der Waals surface area (Å²) in [7, 11) is 1.34. The zero-order valence-electron chi connectivity index (χ0n) is 20.4. The number of hydrogen-bond acceptors (Lipinski definition) is 5. The molecule has 4 nitrogen and oxygen atoms in total. The summed E-state index contributed by atoms with van der Waals surface area (Å²) in [6.07, 6.45) is 2.11. The number of carbonyl (C=O) groups excluding carboxylic acids is 1. The third kappa shape index (κ3) is 6.77. The zero-order chi connectivity index (χ0) is 25.5. The van der Waals surface area contributed by atoms with Crippen molar-refractivity contribution in [1.82, 2.24) is 0 Å². The maximum Gasteiger partial charge on any atom is 0.343 e. The Morgan fingerprint density at radius 1 is 0.889 bits per heavy atom. The lowest BCUT2D eigenvalue weighted by Crippen LogP contribution is -2.13. The summed E-state index contributed by atoms with van der Waals surface area (Å²) in [5.41, 5.74) is 5.51. The number of carbonyl (C=O) groups is 1. The molecule has 3 aromatic carbocycles. The van der Waals surface area contributed by atoms with Gasteiger partial charge in [-0.2, -0.15) is 0 Å². The Balaban J connectivity index is 1.52. The molecular formula is C30H27IO4S. The molecule has 1 aromatic heterocycles. The third-order valence-electron chi connectivity index (χ3n) is 5.63. The van der Waals surface area contributed by atoms with Crippen molar-refractivity contribution in [2.75, 3.05) is 20.3 Å². The molecule has 0 radical (unpaired) electrons. The minimum absolute atomic E-state index is 0.121. The molecule has 4 rings (SSSR count). The summed E-state index contributed by atoms with van der Waals surface area (Å²) in [5, 5.41) is 0. The van der Waals surface area contributed by atoms with Crippen LogP contribution in [0.3, 0.4) is 0 Å². The molecular weight excluding hydrogens is 583 g/mol. The van der Waals surface area contributed by atoms with Crippen LogP contribution in [0.25, 0.3) is 16.0 Å². The van der Waals surface area contributed by atoms with Gasteiger partial charge in [-0.05, 0) is 113 Å². The van der Waals surface area contributed by atoms with Crippen molar-refractivity contribution in [3.8, 4) is 21.9 Å². The van der Waals surface area contributed by atoms with Gasteiger partial charge in [-0.15, -0.1) is 11.3 Å². The van der Waals surface area contributed by atoms with E-state index >= 15 is 0 Å². The van der Waals surface area contributed by atoms with E-state index in [4.69, 9.17) is 9.47 Å². The van der Waals surface area contributed by atoms with Gasteiger partial charge in [-0.1, -0.05) is 36.4 Å². The normalized spacial score (nSPS) is 11.3. The second-order valence-corrected chi connectivity index (χ2v) is 10.7. The van der Waals surface area contributed by atoms with Crippen molar-refractivity contribution in [2.24, 2.45) is 0 Å². The van der Waals surface area contributed by atoms with Crippen LogP contribution in [0.15, 0.2) is 84.9 Å². The van der Waals surface area contributed by atoms with E-state index in [-0.39, 0.29) is 6.61 Å². The maximum absolute atomic E-state index is 11.3. The van der Waals surface area contributed by atoms with Gasteiger partial charge in [0.1, 0.15) is 18.1 Å². The molecule has 0 unspecified atom stereocenters. The molecule has 0 N–H and O–H groups in total. The van der Waals surface area contributed by atoms with Crippen LogP contribution < -0.4 is 9.47 Å². The van der Waals surface area contributed by atoms with Crippen LogP contribution in [-0.2, 0) is 9.53 Å². The summed E-state index contributed by atoms with van der Waals surface area (Å²) in [4.78, 5) is 13.9. The number of methoxy groups -OCH3 is 1. The van der Waals surface area contributed by atoms with Crippen molar-refractivity contribution in [3.63, 3.8) is 0 Å². The first-order valence-electron chi connectivity index (χ1n) is 11.5. The highest BCUT2D eigenvalue weighted by molar-refractivity contribution is 14.1. The highest BCUT2D eigenvalue weighted by Crippen LogP contribution is 2.31. The van der Waals surface area contributed by atoms with E-state index in [1.165, 1.54) is 26.0 Å². The number of benzene rings is 3. The van der Waals surface area contributed by atoms with E-state index in [2.05, 4.69) is 101 Å². The van der Waals surface area contributed by atoms with Gasteiger partial charge < -0.3 is 14.2 Å². The molecule has 184 valence electrons. The van der Waals surface area contributed by atoms with Crippen LogP contribution in [0.4, 0.5) is 0 Å². The number of aryl methyl sites for hydroxylation is 2. The predicted molar refractivity (Wildman–Crippen MR) is 155 cm³/mol. The molecule has 0 saturated heterocycles. The van der Waals surface area contributed by atoms with E-state index in [0.29, 0.717) is 12.4 Å². The third-order valence-corrected chi connectivity index (χ3v) is 7.40. The monoisotopic (exact) mass is 610 g/mol.